The van der Waals surface area contributed by atoms with E-state index in [0.29, 0.717) is 11.3 Å². The molecule has 0 atom stereocenters. The number of carbonyl (C=O) groups is 3. The molecule has 0 saturated carbocycles. The van der Waals surface area contributed by atoms with E-state index in [4.69, 9.17) is 0 Å². The molecule has 0 heterocycles. The maximum Gasteiger partial charge on any atom is 0.416 e. The summed E-state index contributed by atoms with van der Waals surface area (Å²) in [5, 5.41) is 5.11. The molecule has 0 aliphatic rings. The van der Waals surface area contributed by atoms with E-state index in [0.717, 1.165) is 28.7 Å². The van der Waals surface area contributed by atoms with Gasteiger partial charge in [-0.15, -0.1) is 0 Å². The molecule has 0 fully saturated rings. The van der Waals surface area contributed by atoms with Crippen LogP contribution in [0.3, 0.4) is 0 Å². The summed E-state index contributed by atoms with van der Waals surface area (Å²) in [6.07, 6.45) is -4.61. The van der Waals surface area contributed by atoms with Gasteiger partial charge in [0.1, 0.15) is 6.54 Å². The SMILES string of the molecule is Cc1cccc(NC(=O)CNC(=O)CN(Cc2ccccc2)C(=O)c2cccc(C(F)(F)F)c2)c1. The van der Waals surface area contributed by atoms with E-state index < -0.39 is 36.0 Å². The van der Waals surface area contributed by atoms with Crippen molar-refractivity contribution in [2.45, 2.75) is 19.6 Å². The molecule has 2 N–H and O–H groups in total. The molecule has 3 aromatic carbocycles. The Kier molecular flexibility index (Phi) is 8.25. The molecule has 0 unspecified atom stereocenters. The summed E-state index contributed by atoms with van der Waals surface area (Å²) in [5.74, 6) is -1.82. The Morgan fingerprint density at radius 2 is 1.57 bits per heavy atom. The van der Waals surface area contributed by atoms with Gasteiger partial charge in [-0.3, -0.25) is 14.4 Å². The van der Waals surface area contributed by atoms with Crippen molar-refractivity contribution in [3.05, 3.63) is 101 Å². The molecule has 0 aromatic heterocycles. The van der Waals surface area contributed by atoms with Gasteiger partial charge in [0.05, 0.1) is 12.1 Å². The zero-order valence-electron chi connectivity index (χ0n) is 18.9. The molecule has 0 bridgehead atoms. The van der Waals surface area contributed by atoms with Crippen molar-refractivity contribution >= 4 is 23.4 Å². The standard InChI is InChI=1S/C26H24F3N3O3/c1-18-7-5-12-22(13-18)31-23(33)15-30-24(34)17-32(16-19-8-3-2-4-9-19)25(35)20-10-6-11-21(14-20)26(27,28)29/h2-14H,15-17H2,1H3,(H,30,34)(H,31,33). The van der Waals surface area contributed by atoms with E-state index in [9.17, 15) is 27.6 Å². The molecule has 0 spiro atoms. The van der Waals surface area contributed by atoms with Gasteiger partial charge >= 0.3 is 6.18 Å². The normalized spacial score (nSPS) is 11.0. The monoisotopic (exact) mass is 483 g/mol. The van der Waals surface area contributed by atoms with Gasteiger partial charge in [0.25, 0.3) is 5.91 Å². The van der Waals surface area contributed by atoms with Gasteiger partial charge in [0.15, 0.2) is 0 Å². The Bertz CT molecular complexity index is 1200. The zero-order valence-corrected chi connectivity index (χ0v) is 18.9. The smallest absolute Gasteiger partial charge is 0.345 e. The predicted octanol–water partition coefficient (Wildman–Crippen LogP) is 4.41. The maximum atomic E-state index is 13.1. The van der Waals surface area contributed by atoms with Crippen LogP contribution in [0.5, 0.6) is 0 Å². The largest absolute Gasteiger partial charge is 0.416 e. The number of alkyl halides is 3. The molecule has 182 valence electrons. The van der Waals surface area contributed by atoms with Crippen LogP contribution in [0.15, 0.2) is 78.9 Å². The van der Waals surface area contributed by atoms with Crippen LogP contribution in [0, 0.1) is 6.92 Å². The van der Waals surface area contributed by atoms with Crippen LogP contribution in [0.1, 0.15) is 27.0 Å². The van der Waals surface area contributed by atoms with E-state index in [1.165, 1.54) is 6.07 Å². The minimum Gasteiger partial charge on any atom is -0.345 e. The lowest BCUT2D eigenvalue weighted by atomic mass is 10.1. The molecule has 0 aliphatic carbocycles. The van der Waals surface area contributed by atoms with Gasteiger partial charge in [-0.25, -0.2) is 0 Å². The van der Waals surface area contributed by atoms with E-state index in [1.54, 1.807) is 48.5 Å². The number of anilines is 1. The number of hydrogen-bond acceptors (Lipinski definition) is 3. The van der Waals surface area contributed by atoms with Crippen LogP contribution in [0.4, 0.5) is 18.9 Å². The second-order valence-electron chi connectivity index (χ2n) is 7.92. The van der Waals surface area contributed by atoms with Crippen LogP contribution in [0.2, 0.25) is 0 Å². The lowest BCUT2D eigenvalue weighted by molar-refractivity contribution is -0.137. The Morgan fingerprint density at radius 1 is 0.857 bits per heavy atom. The minimum absolute atomic E-state index is 0.00116. The van der Waals surface area contributed by atoms with Crippen LogP contribution in [-0.4, -0.2) is 35.7 Å². The first-order valence-corrected chi connectivity index (χ1v) is 10.8. The van der Waals surface area contributed by atoms with Crippen molar-refractivity contribution in [2.75, 3.05) is 18.4 Å². The number of carbonyl (C=O) groups excluding carboxylic acids is 3. The minimum atomic E-state index is -4.61. The van der Waals surface area contributed by atoms with Gasteiger partial charge in [-0.05, 0) is 48.4 Å². The molecule has 35 heavy (non-hydrogen) atoms. The lowest BCUT2D eigenvalue weighted by Gasteiger charge is -2.23. The fourth-order valence-corrected chi connectivity index (χ4v) is 3.35. The topological polar surface area (TPSA) is 78.5 Å². The summed E-state index contributed by atoms with van der Waals surface area (Å²) in [6, 6.07) is 19.9. The molecule has 3 aromatic rings. The Morgan fingerprint density at radius 3 is 2.26 bits per heavy atom. The van der Waals surface area contributed by atoms with Crippen molar-refractivity contribution in [1.82, 2.24) is 10.2 Å². The van der Waals surface area contributed by atoms with E-state index in [-0.39, 0.29) is 18.7 Å². The Hall–Kier alpha value is -4.14. The summed E-state index contributed by atoms with van der Waals surface area (Å²) < 4.78 is 39.4. The average molecular weight is 483 g/mol. The first kappa shape index (κ1) is 25.5. The van der Waals surface area contributed by atoms with Crippen LogP contribution >= 0.6 is 0 Å². The van der Waals surface area contributed by atoms with Crippen molar-refractivity contribution in [3.8, 4) is 0 Å². The van der Waals surface area contributed by atoms with Crippen molar-refractivity contribution in [1.29, 1.82) is 0 Å². The summed E-state index contributed by atoms with van der Waals surface area (Å²) in [4.78, 5) is 38.9. The first-order valence-electron chi connectivity index (χ1n) is 10.8. The molecule has 3 rings (SSSR count). The molecule has 0 radical (unpaired) electrons. The predicted molar refractivity (Wildman–Crippen MR) is 125 cm³/mol. The van der Waals surface area contributed by atoms with E-state index in [1.807, 2.05) is 13.0 Å². The number of nitrogens with zero attached hydrogens (tertiary/aromatic N) is 1. The van der Waals surface area contributed by atoms with Gasteiger partial charge in [-0.2, -0.15) is 13.2 Å². The summed E-state index contributed by atoms with van der Waals surface area (Å²) in [6.45, 7) is 1.10. The molecule has 6 nitrogen and oxygen atoms in total. The Labute approximate surface area is 200 Å². The van der Waals surface area contributed by atoms with Gasteiger partial charge < -0.3 is 15.5 Å². The second-order valence-corrected chi connectivity index (χ2v) is 7.92. The zero-order chi connectivity index (χ0) is 25.4. The third-order valence-electron chi connectivity index (χ3n) is 5.02. The highest BCUT2D eigenvalue weighted by molar-refractivity contribution is 5.98. The number of rotatable bonds is 8. The number of benzene rings is 3. The van der Waals surface area contributed by atoms with Gasteiger partial charge in [-0.1, -0.05) is 48.5 Å². The summed E-state index contributed by atoms with van der Waals surface area (Å²) >= 11 is 0. The van der Waals surface area contributed by atoms with Crippen LogP contribution < -0.4 is 10.6 Å². The lowest BCUT2D eigenvalue weighted by Crippen LogP contribution is -2.42. The maximum absolute atomic E-state index is 13.1. The number of nitrogens with one attached hydrogen (secondary N) is 2. The highest BCUT2D eigenvalue weighted by Crippen LogP contribution is 2.29. The van der Waals surface area contributed by atoms with Crippen LogP contribution in [0.25, 0.3) is 0 Å². The van der Waals surface area contributed by atoms with Crippen molar-refractivity contribution < 1.29 is 27.6 Å². The number of aryl methyl sites for hydroxylation is 1. The van der Waals surface area contributed by atoms with Gasteiger partial charge in [0.2, 0.25) is 11.8 Å². The van der Waals surface area contributed by atoms with Crippen molar-refractivity contribution in [3.63, 3.8) is 0 Å². The molecular weight excluding hydrogens is 459 g/mol. The number of halogens is 3. The van der Waals surface area contributed by atoms with Gasteiger partial charge in [0, 0.05) is 17.8 Å². The Balaban J connectivity index is 1.69. The molecule has 0 aliphatic heterocycles. The number of amides is 3. The third kappa shape index (κ3) is 7.70. The molecule has 3 amide bonds. The quantitative estimate of drug-likeness (QED) is 0.498. The van der Waals surface area contributed by atoms with E-state index in [2.05, 4.69) is 10.6 Å². The first-order chi connectivity index (χ1) is 16.6. The van der Waals surface area contributed by atoms with Crippen molar-refractivity contribution in [2.24, 2.45) is 0 Å². The second kappa shape index (κ2) is 11.3. The fraction of sp³-hybridized carbons (Fsp3) is 0.192. The average Bonchev–Trinajstić information content (AvgIpc) is 2.82. The fourth-order valence-electron chi connectivity index (χ4n) is 3.35. The van der Waals surface area contributed by atoms with E-state index >= 15 is 0 Å². The highest BCUT2D eigenvalue weighted by atomic mass is 19.4. The third-order valence-corrected chi connectivity index (χ3v) is 5.02. The molecular formula is C26H24F3N3O3. The number of hydrogen-bond donors (Lipinski definition) is 2. The highest BCUT2D eigenvalue weighted by Gasteiger charge is 2.31. The van der Waals surface area contributed by atoms with Crippen LogP contribution in [-0.2, 0) is 22.3 Å². The molecule has 0 saturated heterocycles. The summed E-state index contributed by atoms with van der Waals surface area (Å²) in [7, 11) is 0. The summed E-state index contributed by atoms with van der Waals surface area (Å²) in [5.41, 5.74) is 1.07. The molecule has 9 heteroatoms.